The largest absolute Gasteiger partial charge is 0.480 e. The topological polar surface area (TPSA) is 102 Å². The van der Waals surface area contributed by atoms with Crippen LogP contribution in [0.1, 0.15) is 12.0 Å². The molecule has 1 aromatic heterocycles. The minimum absolute atomic E-state index is 0.402. The Morgan fingerprint density at radius 1 is 1.64 bits per heavy atom. The maximum absolute atomic E-state index is 10.4. The third-order valence-electron chi connectivity index (χ3n) is 1.91. The van der Waals surface area contributed by atoms with Crippen molar-refractivity contribution in [3.8, 4) is 0 Å². The van der Waals surface area contributed by atoms with Gasteiger partial charge in [-0.3, -0.25) is 4.79 Å². The summed E-state index contributed by atoms with van der Waals surface area (Å²) in [5, 5.41) is 8.55. The summed E-state index contributed by atoms with van der Waals surface area (Å²) >= 11 is 0. The Kier molecular flexibility index (Phi) is 3.41. The summed E-state index contributed by atoms with van der Waals surface area (Å²) in [6.45, 7) is 0. The van der Waals surface area contributed by atoms with E-state index in [4.69, 9.17) is 16.6 Å². The first-order valence-corrected chi connectivity index (χ1v) is 4.28. The highest BCUT2D eigenvalue weighted by molar-refractivity contribution is 5.73. The molecule has 5 N–H and O–H groups in total. The van der Waals surface area contributed by atoms with E-state index in [1.54, 1.807) is 18.3 Å². The lowest BCUT2D eigenvalue weighted by Crippen LogP contribution is -2.30. The predicted molar refractivity (Wildman–Crippen MR) is 52.6 cm³/mol. The van der Waals surface area contributed by atoms with Crippen molar-refractivity contribution in [3.63, 3.8) is 0 Å². The maximum atomic E-state index is 10.4. The van der Waals surface area contributed by atoms with Crippen molar-refractivity contribution >= 4 is 11.8 Å². The highest BCUT2D eigenvalue weighted by Crippen LogP contribution is 2.06. The zero-order valence-corrected chi connectivity index (χ0v) is 7.68. The first-order valence-electron chi connectivity index (χ1n) is 4.28. The van der Waals surface area contributed by atoms with Crippen molar-refractivity contribution < 1.29 is 9.90 Å². The molecule has 0 saturated carbocycles. The van der Waals surface area contributed by atoms with Gasteiger partial charge in [0.05, 0.1) is 0 Å². The summed E-state index contributed by atoms with van der Waals surface area (Å²) in [6.07, 6.45) is 2.59. The van der Waals surface area contributed by atoms with Gasteiger partial charge in [-0.1, -0.05) is 0 Å². The van der Waals surface area contributed by atoms with Gasteiger partial charge in [0.15, 0.2) is 0 Å². The van der Waals surface area contributed by atoms with Crippen LogP contribution in [0.5, 0.6) is 0 Å². The molecule has 0 fully saturated rings. The van der Waals surface area contributed by atoms with E-state index in [2.05, 4.69) is 4.98 Å². The minimum Gasteiger partial charge on any atom is -0.480 e. The van der Waals surface area contributed by atoms with Crippen molar-refractivity contribution in [3.05, 3.63) is 23.9 Å². The Bertz CT molecular complexity index is 328. The first kappa shape index (κ1) is 10.5. The van der Waals surface area contributed by atoms with E-state index in [9.17, 15) is 4.79 Å². The standard InChI is InChI=1S/C9H13N3O2/c10-7(9(13)14)2-1-6-3-4-12-8(11)5-6/h3-5,7H,1-2,10H2,(H2,11,12)(H,13,14)/t7-/m0/s1. The second kappa shape index (κ2) is 4.57. The van der Waals surface area contributed by atoms with Crippen molar-refractivity contribution in [1.29, 1.82) is 0 Å². The van der Waals surface area contributed by atoms with Crippen LogP contribution in [-0.2, 0) is 11.2 Å². The van der Waals surface area contributed by atoms with Gasteiger partial charge in [0.1, 0.15) is 11.9 Å². The number of nitrogen functional groups attached to an aromatic ring is 1. The quantitative estimate of drug-likeness (QED) is 0.628. The molecule has 0 spiro atoms. The molecule has 5 heteroatoms. The number of pyridine rings is 1. The van der Waals surface area contributed by atoms with Crippen LogP contribution >= 0.6 is 0 Å². The Morgan fingerprint density at radius 3 is 2.93 bits per heavy atom. The smallest absolute Gasteiger partial charge is 0.320 e. The molecule has 0 bridgehead atoms. The highest BCUT2D eigenvalue weighted by atomic mass is 16.4. The van der Waals surface area contributed by atoms with E-state index >= 15 is 0 Å². The van der Waals surface area contributed by atoms with Gasteiger partial charge >= 0.3 is 5.97 Å². The van der Waals surface area contributed by atoms with Crippen LogP contribution in [0.3, 0.4) is 0 Å². The first-order chi connectivity index (χ1) is 6.59. The molecule has 0 aliphatic heterocycles. The molecule has 5 nitrogen and oxygen atoms in total. The molecule has 0 aliphatic carbocycles. The predicted octanol–water partition coefficient (Wildman–Crippen LogP) is 0.00830. The van der Waals surface area contributed by atoms with Crippen LogP contribution in [0.2, 0.25) is 0 Å². The van der Waals surface area contributed by atoms with Gasteiger partial charge in [-0.05, 0) is 30.5 Å². The van der Waals surface area contributed by atoms with Gasteiger partial charge in [-0.15, -0.1) is 0 Å². The number of anilines is 1. The van der Waals surface area contributed by atoms with E-state index in [1.165, 1.54) is 0 Å². The monoisotopic (exact) mass is 195 g/mol. The molecule has 0 aromatic carbocycles. The number of carboxylic acids is 1. The van der Waals surface area contributed by atoms with E-state index in [0.29, 0.717) is 18.7 Å². The van der Waals surface area contributed by atoms with Gasteiger partial charge in [-0.25, -0.2) is 4.98 Å². The molecule has 0 saturated heterocycles. The molecule has 0 unspecified atom stereocenters. The van der Waals surface area contributed by atoms with E-state index in [-0.39, 0.29) is 0 Å². The van der Waals surface area contributed by atoms with Crippen molar-refractivity contribution in [2.45, 2.75) is 18.9 Å². The summed E-state index contributed by atoms with van der Waals surface area (Å²) < 4.78 is 0. The van der Waals surface area contributed by atoms with Crippen LogP contribution < -0.4 is 11.5 Å². The van der Waals surface area contributed by atoms with Crippen molar-refractivity contribution in [2.75, 3.05) is 5.73 Å². The lowest BCUT2D eigenvalue weighted by atomic mass is 10.1. The van der Waals surface area contributed by atoms with Crippen LogP contribution in [0, 0.1) is 0 Å². The third-order valence-corrected chi connectivity index (χ3v) is 1.91. The number of carbonyl (C=O) groups is 1. The number of nitrogens with two attached hydrogens (primary N) is 2. The normalized spacial score (nSPS) is 12.4. The van der Waals surface area contributed by atoms with Gasteiger partial charge in [0, 0.05) is 6.20 Å². The van der Waals surface area contributed by atoms with E-state index < -0.39 is 12.0 Å². The molecular formula is C9H13N3O2. The molecule has 0 amide bonds. The molecule has 0 radical (unpaired) electrons. The number of hydrogen-bond acceptors (Lipinski definition) is 4. The zero-order valence-electron chi connectivity index (χ0n) is 7.68. The fraction of sp³-hybridized carbons (Fsp3) is 0.333. The van der Waals surface area contributed by atoms with Gasteiger partial charge in [0.2, 0.25) is 0 Å². The molecule has 0 aliphatic rings. The van der Waals surface area contributed by atoms with E-state index in [0.717, 1.165) is 5.56 Å². The third kappa shape index (κ3) is 3.02. The van der Waals surface area contributed by atoms with Crippen molar-refractivity contribution in [1.82, 2.24) is 4.98 Å². The second-order valence-electron chi connectivity index (χ2n) is 3.07. The fourth-order valence-corrected chi connectivity index (χ4v) is 1.10. The molecule has 14 heavy (non-hydrogen) atoms. The van der Waals surface area contributed by atoms with Gasteiger partial charge in [0.25, 0.3) is 0 Å². The van der Waals surface area contributed by atoms with Crippen molar-refractivity contribution in [2.24, 2.45) is 5.73 Å². The Hall–Kier alpha value is -1.62. The SMILES string of the molecule is Nc1cc(CC[C@H](N)C(=O)O)ccn1. The number of nitrogens with zero attached hydrogens (tertiary/aromatic N) is 1. The number of aromatic nitrogens is 1. The molecule has 1 heterocycles. The molecule has 1 rings (SSSR count). The number of aliphatic carboxylic acids is 1. The molecule has 1 aromatic rings. The summed E-state index contributed by atoms with van der Waals surface area (Å²) in [5.41, 5.74) is 11.8. The minimum atomic E-state index is -0.980. The Morgan fingerprint density at radius 2 is 2.36 bits per heavy atom. The molecule has 76 valence electrons. The van der Waals surface area contributed by atoms with Crippen LogP contribution in [0.25, 0.3) is 0 Å². The van der Waals surface area contributed by atoms with Crippen LogP contribution in [-0.4, -0.2) is 22.1 Å². The Labute approximate surface area is 81.7 Å². The molecule has 1 atom stereocenters. The van der Waals surface area contributed by atoms with Crippen LogP contribution in [0.4, 0.5) is 5.82 Å². The van der Waals surface area contributed by atoms with Gasteiger partial charge < -0.3 is 16.6 Å². The average molecular weight is 195 g/mol. The lowest BCUT2D eigenvalue weighted by molar-refractivity contribution is -0.138. The van der Waals surface area contributed by atoms with E-state index in [1.807, 2.05) is 0 Å². The highest BCUT2D eigenvalue weighted by Gasteiger charge is 2.10. The Balaban J connectivity index is 2.49. The summed E-state index contributed by atoms with van der Waals surface area (Å²) in [6, 6.07) is 2.70. The summed E-state index contributed by atoms with van der Waals surface area (Å²) in [4.78, 5) is 14.3. The number of hydrogen-bond donors (Lipinski definition) is 3. The molecular weight excluding hydrogens is 182 g/mol. The number of carboxylic acid groups (broad SMARTS) is 1. The van der Waals surface area contributed by atoms with Gasteiger partial charge in [-0.2, -0.15) is 0 Å². The fourth-order valence-electron chi connectivity index (χ4n) is 1.10. The lowest BCUT2D eigenvalue weighted by Gasteiger charge is -2.05. The number of rotatable bonds is 4. The number of aryl methyl sites for hydroxylation is 1. The second-order valence-corrected chi connectivity index (χ2v) is 3.07. The average Bonchev–Trinajstić information content (AvgIpc) is 2.14. The van der Waals surface area contributed by atoms with Crippen LogP contribution in [0.15, 0.2) is 18.3 Å². The summed E-state index contributed by atoms with van der Waals surface area (Å²) in [5.74, 6) is -0.543. The summed E-state index contributed by atoms with van der Waals surface area (Å²) in [7, 11) is 0. The zero-order chi connectivity index (χ0) is 10.6. The maximum Gasteiger partial charge on any atom is 0.320 e.